The van der Waals surface area contributed by atoms with Crippen LogP contribution in [-0.2, 0) is 11.2 Å². The molecule has 1 N–H and O–H groups in total. The zero-order valence-electron chi connectivity index (χ0n) is 12.6. The molecule has 3 unspecified atom stereocenters. The van der Waals surface area contributed by atoms with Gasteiger partial charge in [0.15, 0.2) is 0 Å². The van der Waals surface area contributed by atoms with Crippen molar-refractivity contribution in [1.82, 2.24) is 5.32 Å². The lowest BCUT2D eigenvalue weighted by Gasteiger charge is -2.34. The summed E-state index contributed by atoms with van der Waals surface area (Å²) in [5, 5.41) is 3.57. The summed E-state index contributed by atoms with van der Waals surface area (Å²) in [6, 6.07) is 9.66. The molecule has 110 valence electrons. The van der Waals surface area contributed by atoms with Crippen LogP contribution in [0.2, 0.25) is 0 Å². The third-order valence-corrected chi connectivity index (χ3v) is 5.17. The van der Waals surface area contributed by atoms with E-state index in [9.17, 15) is 0 Å². The molecule has 2 heteroatoms. The number of benzene rings is 1. The molecule has 2 nitrogen and oxygen atoms in total. The summed E-state index contributed by atoms with van der Waals surface area (Å²) in [4.78, 5) is 0. The van der Waals surface area contributed by atoms with Crippen LogP contribution in [0.1, 0.15) is 49.1 Å². The number of rotatable bonds is 4. The summed E-state index contributed by atoms with van der Waals surface area (Å²) in [6.45, 7) is 1.90. The molecule has 3 atom stereocenters. The van der Waals surface area contributed by atoms with Gasteiger partial charge in [-0.15, -0.1) is 0 Å². The topological polar surface area (TPSA) is 21.3 Å². The van der Waals surface area contributed by atoms with Crippen molar-refractivity contribution >= 4 is 0 Å². The van der Waals surface area contributed by atoms with Gasteiger partial charge >= 0.3 is 0 Å². The molecule has 1 aromatic carbocycles. The van der Waals surface area contributed by atoms with Crippen LogP contribution in [0.25, 0.3) is 0 Å². The van der Waals surface area contributed by atoms with Gasteiger partial charge in [0.2, 0.25) is 0 Å². The Morgan fingerprint density at radius 2 is 2.15 bits per heavy atom. The fraction of sp³-hybridized carbons (Fsp3) is 0.667. The highest BCUT2D eigenvalue weighted by molar-refractivity contribution is 5.32. The van der Waals surface area contributed by atoms with Crippen LogP contribution in [0.3, 0.4) is 0 Å². The molecule has 1 heterocycles. The minimum Gasteiger partial charge on any atom is -0.381 e. The standard InChI is InChI=1S/C18H27NO/c1-19-18(16-9-5-11-20-13-16)12-15-8-4-7-14-6-2-3-10-17(14)15/h2-3,6,10,15-16,18-19H,4-5,7-9,11-13H2,1H3. The first-order valence-corrected chi connectivity index (χ1v) is 8.21. The van der Waals surface area contributed by atoms with Crippen molar-refractivity contribution in [2.75, 3.05) is 20.3 Å². The first kappa shape index (κ1) is 14.1. The van der Waals surface area contributed by atoms with E-state index in [4.69, 9.17) is 4.74 Å². The van der Waals surface area contributed by atoms with E-state index in [1.807, 2.05) is 0 Å². The minimum absolute atomic E-state index is 0.603. The fourth-order valence-electron chi connectivity index (χ4n) is 4.03. The van der Waals surface area contributed by atoms with Gasteiger partial charge in [0, 0.05) is 12.6 Å². The molecule has 0 radical (unpaired) electrons. The molecule has 0 amide bonds. The van der Waals surface area contributed by atoms with E-state index in [1.165, 1.54) is 38.5 Å². The zero-order chi connectivity index (χ0) is 13.8. The van der Waals surface area contributed by atoms with Gasteiger partial charge in [0.05, 0.1) is 6.61 Å². The maximum absolute atomic E-state index is 5.68. The number of nitrogens with one attached hydrogen (secondary N) is 1. The first-order valence-electron chi connectivity index (χ1n) is 8.21. The lowest BCUT2D eigenvalue weighted by atomic mass is 9.77. The zero-order valence-corrected chi connectivity index (χ0v) is 12.6. The van der Waals surface area contributed by atoms with Crippen molar-refractivity contribution in [2.45, 2.75) is 50.5 Å². The normalized spacial score (nSPS) is 27.9. The van der Waals surface area contributed by atoms with Gasteiger partial charge in [0.25, 0.3) is 0 Å². The number of ether oxygens (including phenoxy) is 1. The van der Waals surface area contributed by atoms with Gasteiger partial charge in [0.1, 0.15) is 0 Å². The summed E-state index contributed by atoms with van der Waals surface area (Å²) in [5.41, 5.74) is 3.19. The Balaban J connectivity index is 1.70. The van der Waals surface area contributed by atoms with E-state index in [2.05, 4.69) is 36.6 Å². The van der Waals surface area contributed by atoms with Crippen LogP contribution in [0.4, 0.5) is 0 Å². The Labute approximate surface area is 122 Å². The maximum atomic E-state index is 5.68. The van der Waals surface area contributed by atoms with Crippen LogP contribution in [0, 0.1) is 5.92 Å². The smallest absolute Gasteiger partial charge is 0.0509 e. The van der Waals surface area contributed by atoms with E-state index in [0.717, 1.165) is 19.1 Å². The summed E-state index contributed by atoms with van der Waals surface area (Å²) >= 11 is 0. The first-order chi connectivity index (χ1) is 9.88. The molecule has 1 aliphatic carbocycles. The molecule has 1 saturated heterocycles. The third kappa shape index (κ3) is 3.07. The van der Waals surface area contributed by atoms with Crippen molar-refractivity contribution < 1.29 is 4.74 Å². The van der Waals surface area contributed by atoms with Gasteiger partial charge in [-0.3, -0.25) is 0 Å². The number of hydrogen-bond donors (Lipinski definition) is 1. The number of hydrogen-bond acceptors (Lipinski definition) is 2. The number of fused-ring (bicyclic) bond motifs is 1. The van der Waals surface area contributed by atoms with Crippen molar-refractivity contribution in [3.63, 3.8) is 0 Å². The highest BCUT2D eigenvalue weighted by Crippen LogP contribution is 2.36. The molecular weight excluding hydrogens is 246 g/mol. The Hall–Kier alpha value is -0.860. The van der Waals surface area contributed by atoms with E-state index in [1.54, 1.807) is 11.1 Å². The lowest BCUT2D eigenvalue weighted by molar-refractivity contribution is 0.0377. The second-order valence-electron chi connectivity index (χ2n) is 6.40. The second-order valence-corrected chi connectivity index (χ2v) is 6.40. The van der Waals surface area contributed by atoms with Crippen molar-refractivity contribution in [2.24, 2.45) is 5.92 Å². The quantitative estimate of drug-likeness (QED) is 0.906. The molecule has 0 aromatic heterocycles. The molecule has 0 spiro atoms. The SMILES string of the molecule is CNC(CC1CCCc2ccccc21)C1CCCOC1. The van der Waals surface area contributed by atoms with Crippen LogP contribution >= 0.6 is 0 Å². The van der Waals surface area contributed by atoms with Crippen molar-refractivity contribution in [1.29, 1.82) is 0 Å². The summed E-state index contributed by atoms with van der Waals surface area (Å²) in [6.07, 6.45) is 7.77. The van der Waals surface area contributed by atoms with E-state index in [-0.39, 0.29) is 0 Å². The monoisotopic (exact) mass is 273 g/mol. The molecular formula is C18H27NO. The van der Waals surface area contributed by atoms with Crippen LogP contribution in [-0.4, -0.2) is 26.3 Å². The summed E-state index contributed by atoms with van der Waals surface area (Å²) < 4.78 is 5.68. The third-order valence-electron chi connectivity index (χ3n) is 5.17. The van der Waals surface area contributed by atoms with E-state index >= 15 is 0 Å². The highest BCUT2D eigenvalue weighted by atomic mass is 16.5. The second kappa shape index (κ2) is 6.73. The van der Waals surface area contributed by atoms with Crippen LogP contribution in [0.5, 0.6) is 0 Å². The lowest BCUT2D eigenvalue weighted by Crippen LogP contribution is -2.39. The Morgan fingerprint density at radius 1 is 1.25 bits per heavy atom. The largest absolute Gasteiger partial charge is 0.381 e. The minimum atomic E-state index is 0.603. The van der Waals surface area contributed by atoms with Crippen LogP contribution < -0.4 is 5.32 Å². The predicted molar refractivity (Wildman–Crippen MR) is 83.1 cm³/mol. The Kier molecular flexibility index (Phi) is 4.74. The van der Waals surface area contributed by atoms with Crippen molar-refractivity contribution in [3.8, 4) is 0 Å². The molecule has 20 heavy (non-hydrogen) atoms. The van der Waals surface area contributed by atoms with Gasteiger partial charge in [-0.25, -0.2) is 0 Å². The average molecular weight is 273 g/mol. The van der Waals surface area contributed by atoms with E-state index < -0.39 is 0 Å². The molecule has 1 aliphatic heterocycles. The molecule has 1 fully saturated rings. The average Bonchev–Trinajstić information content (AvgIpc) is 2.53. The highest BCUT2D eigenvalue weighted by Gasteiger charge is 2.28. The van der Waals surface area contributed by atoms with Gasteiger partial charge in [-0.2, -0.15) is 0 Å². The molecule has 0 bridgehead atoms. The fourth-order valence-corrected chi connectivity index (χ4v) is 4.03. The molecule has 0 saturated carbocycles. The van der Waals surface area contributed by atoms with Gasteiger partial charge in [-0.1, -0.05) is 24.3 Å². The molecule has 3 rings (SSSR count). The maximum Gasteiger partial charge on any atom is 0.0509 e. The Morgan fingerprint density at radius 3 is 2.95 bits per heavy atom. The Bertz CT molecular complexity index is 425. The molecule has 1 aromatic rings. The molecule has 2 aliphatic rings. The van der Waals surface area contributed by atoms with Gasteiger partial charge < -0.3 is 10.1 Å². The van der Waals surface area contributed by atoms with Gasteiger partial charge in [-0.05, 0) is 68.5 Å². The summed E-state index contributed by atoms with van der Waals surface area (Å²) in [7, 11) is 2.12. The predicted octanol–water partition coefficient (Wildman–Crippen LogP) is 3.51. The summed E-state index contributed by atoms with van der Waals surface area (Å²) in [5.74, 6) is 1.43. The van der Waals surface area contributed by atoms with E-state index in [0.29, 0.717) is 12.0 Å². The van der Waals surface area contributed by atoms with Crippen LogP contribution in [0.15, 0.2) is 24.3 Å². The van der Waals surface area contributed by atoms with Crippen molar-refractivity contribution in [3.05, 3.63) is 35.4 Å². The number of aryl methyl sites for hydroxylation is 1.